The number of carbonyl (C=O) groups excluding carboxylic acids is 1. The summed E-state index contributed by atoms with van der Waals surface area (Å²) >= 11 is 0.792. The first-order chi connectivity index (χ1) is 17.7. The fourth-order valence-electron chi connectivity index (χ4n) is 4.15. The van der Waals surface area contributed by atoms with E-state index in [1.54, 1.807) is 39.8 Å². The van der Waals surface area contributed by atoms with Crippen molar-refractivity contribution in [2.24, 2.45) is 0 Å². The average Bonchev–Trinajstić information content (AvgIpc) is 3.46. The zero-order chi connectivity index (χ0) is 28.0. The van der Waals surface area contributed by atoms with Crippen molar-refractivity contribution in [3.05, 3.63) is 34.8 Å². The molecule has 1 aromatic carbocycles. The van der Waals surface area contributed by atoms with Crippen LogP contribution in [0.5, 0.6) is 11.5 Å². The summed E-state index contributed by atoms with van der Waals surface area (Å²) in [5.41, 5.74) is -0.639. The number of benzene rings is 1. The molecule has 2 atom stereocenters. The largest absolute Gasteiger partial charge is 0.496 e. The van der Waals surface area contributed by atoms with Gasteiger partial charge in [-0.1, -0.05) is 0 Å². The van der Waals surface area contributed by atoms with Crippen LogP contribution in [0.4, 0.5) is 18.0 Å². The number of aromatic nitrogens is 2. The van der Waals surface area contributed by atoms with Gasteiger partial charge in [0.2, 0.25) is 0 Å². The lowest BCUT2D eigenvalue weighted by Gasteiger charge is -2.26. The molecule has 2 aromatic heterocycles. The number of hydrogen-bond donors (Lipinski definition) is 1. The van der Waals surface area contributed by atoms with Crippen molar-refractivity contribution in [2.45, 2.75) is 58.0 Å². The highest BCUT2D eigenvalue weighted by Gasteiger charge is 2.43. The molecule has 13 heteroatoms. The standard InChI is InChI=1S/C25H26F3N3O6S/c1-12-17(35-5)7-6-14-18(9-15(29-20(12)14)21-30-19(11-38-21)25(26,27)28)36-13-8-16(22(32)33)31(10-13)23(34)37-24(2,3)4/h6-7,9,11,13,16H,8,10H2,1-5H3,(H,32,33). The summed E-state index contributed by atoms with van der Waals surface area (Å²) in [6.45, 7) is 6.72. The molecule has 1 N–H and O–H groups in total. The van der Waals surface area contributed by atoms with E-state index in [2.05, 4.69) is 9.97 Å². The number of ether oxygens (including phenoxy) is 3. The van der Waals surface area contributed by atoms with Gasteiger partial charge in [0, 0.05) is 28.8 Å². The third-order valence-electron chi connectivity index (χ3n) is 5.85. The summed E-state index contributed by atoms with van der Waals surface area (Å²) in [4.78, 5) is 34.0. The number of thiazole rings is 1. The van der Waals surface area contributed by atoms with Crippen LogP contribution < -0.4 is 9.47 Å². The van der Waals surface area contributed by atoms with Crippen LogP contribution in [0, 0.1) is 6.92 Å². The van der Waals surface area contributed by atoms with E-state index in [9.17, 15) is 27.9 Å². The molecule has 0 bridgehead atoms. The SMILES string of the molecule is COc1ccc2c(OC3CC(C(=O)O)N(C(=O)OC(C)(C)C)C3)cc(-c3nc(C(F)(F)F)cs3)nc2c1C. The Hall–Kier alpha value is -3.61. The number of aliphatic carboxylic acids is 1. The second kappa shape index (κ2) is 9.93. The highest BCUT2D eigenvalue weighted by atomic mass is 32.1. The highest BCUT2D eigenvalue weighted by Crippen LogP contribution is 2.39. The average molecular weight is 554 g/mol. The number of amides is 1. The van der Waals surface area contributed by atoms with Crippen LogP contribution in [0.3, 0.4) is 0 Å². The molecule has 9 nitrogen and oxygen atoms in total. The van der Waals surface area contributed by atoms with E-state index in [1.165, 1.54) is 13.2 Å². The van der Waals surface area contributed by atoms with E-state index >= 15 is 0 Å². The molecule has 1 fully saturated rings. The third kappa shape index (κ3) is 5.62. The maximum absolute atomic E-state index is 13.2. The Morgan fingerprint density at radius 2 is 1.87 bits per heavy atom. The summed E-state index contributed by atoms with van der Waals surface area (Å²) in [5.74, 6) is -0.420. The predicted octanol–water partition coefficient (Wildman–Crippen LogP) is 5.54. The van der Waals surface area contributed by atoms with Gasteiger partial charge in [0.25, 0.3) is 0 Å². The molecule has 0 aliphatic carbocycles. The number of carboxylic acid groups (broad SMARTS) is 1. The molecule has 4 rings (SSSR count). The molecule has 2 unspecified atom stereocenters. The van der Waals surface area contributed by atoms with Gasteiger partial charge in [0.15, 0.2) is 5.69 Å². The summed E-state index contributed by atoms with van der Waals surface area (Å²) in [6, 6.07) is 3.71. The van der Waals surface area contributed by atoms with Gasteiger partial charge in [-0.05, 0) is 39.8 Å². The predicted molar refractivity (Wildman–Crippen MR) is 133 cm³/mol. The van der Waals surface area contributed by atoms with Crippen molar-refractivity contribution >= 4 is 34.3 Å². The Bertz CT molecular complexity index is 1390. The number of aryl methyl sites for hydroxylation is 1. The zero-order valence-corrected chi connectivity index (χ0v) is 22.1. The van der Waals surface area contributed by atoms with Gasteiger partial charge in [0.1, 0.15) is 39.9 Å². The second-order valence-corrected chi connectivity index (χ2v) is 10.7. The monoisotopic (exact) mass is 553 g/mol. The van der Waals surface area contributed by atoms with Gasteiger partial charge in [-0.3, -0.25) is 4.90 Å². The quantitative estimate of drug-likeness (QED) is 0.439. The second-order valence-electron chi connectivity index (χ2n) is 9.79. The van der Waals surface area contributed by atoms with Crippen molar-refractivity contribution in [1.82, 2.24) is 14.9 Å². The van der Waals surface area contributed by atoms with Gasteiger partial charge in [0.05, 0.1) is 19.2 Å². The molecule has 0 radical (unpaired) electrons. The molecule has 3 heterocycles. The number of pyridine rings is 1. The van der Waals surface area contributed by atoms with Crippen LogP contribution in [0.15, 0.2) is 23.6 Å². The molecule has 3 aromatic rings. The molecule has 0 spiro atoms. The number of rotatable bonds is 5. The first-order valence-corrected chi connectivity index (χ1v) is 12.5. The first-order valence-electron chi connectivity index (χ1n) is 11.6. The maximum atomic E-state index is 13.2. The number of halogens is 3. The van der Waals surface area contributed by atoms with E-state index in [4.69, 9.17) is 14.2 Å². The van der Waals surface area contributed by atoms with Crippen LogP contribution in [-0.2, 0) is 15.7 Å². The molecule has 0 saturated carbocycles. The Morgan fingerprint density at radius 1 is 1.16 bits per heavy atom. The molecule has 204 valence electrons. The normalized spacial score (nSPS) is 18.1. The molecular weight excluding hydrogens is 527 g/mol. The van der Waals surface area contributed by atoms with E-state index < -0.39 is 41.7 Å². The van der Waals surface area contributed by atoms with Crippen LogP contribution >= 0.6 is 11.3 Å². The summed E-state index contributed by atoms with van der Waals surface area (Å²) in [6.07, 6.45) is -6.13. The van der Waals surface area contributed by atoms with E-state index in [0.29, 0.717) is 22.2 Å². The number of fused-ring (bicyclic) bond motifs is 1. The van der Waals surface area contributed by atoms with E-state index in [1.807, 2.05) is 0 Å². The molecular formula is C25H26F3N3O6S. The van der Waals surface area contributed by atoms with Crippen LogP contribution in [-0.4, -0.2) is 63.4 Å². The van der Waals surface area contributed by atoms with Gasteiger partial charge < -0.3 is 19.3 Å². The molecule has 1 aliphatic heterocycles. The van der Waals surface area contributed by atoms with Crippen molar-refractivity contribution in [3.8, 4) is 22.2 Å². The number of alkyl halides is 3. The lowest BCUT2D eigenvalue weighted by atomic mass is 10.1. The fraction of sp³-hybridized carbons (Fsp3) is 0.440. The zero-order valence-electron chi connectivity index (χ0n) is 21.3. The summed E-state index contributed by atoms with van der Waals surface area (Å²) in [7, 11) is 1.49. The Balaban J connectivity index is 1.74. The number of nitrogens with zero attached hydrogens (tertiary/aromatic N) is 3. The Morgan fingerprint density at radius 3 is 2.45 bits per heavy atom. The lowest BCUT2D eigenvalue weighted by Crippen LogP contribution is -2.43. The minimum atomic E-state index is -4.61. The van der Waals surface area contributed by atoms with Gasteiger partial charge >= 0.3 is 18.2 Å². The molecule has 1 amide bonds. The number of methoxy groups -OCH3 is 1. The summed E-state index contributed by atoms with van der Waals surface area (Å²) < 4.78 is 56.5. The van der Waals surface area contributed by atoms with Gasteiger partial charge in [-0.2, -0.15) is 13.2 Å². The Labute approximate surface area is 220 Å². The minimum Gasteiger partial charge on any atom is -0.496 e. The number of hydrogen-bond acceptors (Lipinski definition) is 8. The third-order valence-corrected chi connectivity index (χ3v) is 6.71. The lowest BCUT2D eigenvalue weighted by molar-refractivity contribution is -0.142. The van der Waals surface area contributed by atoms with Crippen molar-refractivity contribution in [1.29, 1.82) is 0 Å². The fourth-order valence-corrected chi connectivity index (χ4v) is 4.93. The molecule has 1 aliphatic rings. The maximum Gasteiger partial charge on any atom is 0.434 e. The minimum absolute atomic E-state index is 0.0155. The summed E-state index contributed by atoms with van der Waals surface area (Å²) in [5, 5.41) is 11.2. The smallest absolute Gasteiger partial charge is 0.434 e. The number of likely N-dealkylation sites (tertiary alicyclic amines) is 1. The molecule has 1 saturated heterocycles. The van der Waals surface area contributed by atoms with Gasteiger partial charge in [-0.15, -0.1) is 11.3 Å². The number of carbonyl (C=O) groups is 2. The van der Waals surface area contributed by atoms with Crippen LogP contribution in [0.25, 0.3) is 21.6 Å². The van der Waals surface area contributed by atoms with E-state index in [-0.39, 0.29) is 29.4 Å². The van der Waals surface area contributed by atoms with Crippen LogP contribution in [0.1, 0.15) is 38.4 Å². The number of carboxylic acids is 1. The topological polar surface area (TPSA) is 111 Å². The first kappa shape index (κ1) is 27.4. The van der Waals surface area contributed by atoms with Crippen molar-refractivity contribution < 1.29 is 42.1 Å². The van der Waals surface area contributed by atoms with Crippen molar-refractivity contribution in [3.63, 3.8) is 0 Å². The van der Waals surface area contributed by atoms with Crippen LogP contribution in [0.2, 0.25) is 0 Å². The van der Waals surface area contributed by atoms with E-state index in [0.717, 1.165) is 21.6 Å². The van der Waals surface area contributed by atoms with Crippen molar-refractivity contribution in [2.75, 3.05) is 13.7 Å². The molecule has 38 heavy (non-hydrogen) atoms. The Kier molecular flexibility index (Phi) is 7.17. The van der Waals surface area contributed by atoms with Gasteiger partial charge in [-0.25, -0.2) is 19.6 Å². The highest BCUT2D eigenvalue weighted by molar-refractivity contribution is 7.13.